The topological polar surface area (TPSA) is 21.3 Å². The molecule has 0 heterocycles. The normalized spacial score (nSPS) is 14.2. The quantitative estimate of drug-likeness (QED) is 0.862. The molecule has 4 heteroatoms. The fourth-order valence-electron chi connectivity index (χ4n) is 2.11. The minimum atomic E-state index is -0.137. The first-order valence-electron chi connectivity index (χ1n) is 7.09. The molecule has 0 aromatic heterocycles. The van der Waals surface area contributed by atoms with E-state index in [0.717, 1.165) is 21.1 Å². The van der Waals surface area contributed by atoms with Crippen molar-refractivity contribution in [3.63, 3.8) is 0 Å². The molecule has 0 bridgehead atoms. The van der Waals surface area contributed by atoms with Crippen molar-refractivity contribution in [2.75, 3.05) is 7.11 Å². The molecule has 1 saturated carbocycles. The SMILES string of the molecule is COc1ccc(Sc2cccc(F)c2CNC2CC2)cc1. The molecule has 1 aliphatic carbocycles. The fraction of sp³-hybridized carbons (Fsp3) is 0.294. The van der Waals surface area contributed by atoms with Gasteiger partial charge in [-0.3, -0.25) is 0 Å². The molecule has 0 radical (unpaired) electrons. The molecular weight excluding hydrogens is 285 g/mol. The zero-order valence-corrected chi connectivity index (χ0v) is 12.8. The molecule has 0 unspecified atom stereocenters. The number of ether oxygens (including phenoxy) is 1. The number of hydrogen-bond donors (Lipinski definition) is 1. The summed E-state index contributed by atoms with van der Waals surface area (Å²) in [6, 6.07) is 13.7. The molecule has 2 aromatic rings. The van der Waals surface area contributed by atoms with E-state index in [1.54, 1.807) is 24.9 Å². The highest BCUT2D eigenvalue weighted by Crippen LogP contribution is 2.33. The van der Waals surface area contributed by atoms with Crippen LogP contribution in [0.3, 0.4) is 0 Å². The van der Waals surface area contributed by atoms with Gasteiger partial charge in [0.25, 0.3) is 0 Å². The average molecular weight is 303 g/mol. The summed E-state index contributed by atoms with van der Waals surface area (Å²) < 4.78 is 19.2. The van der Waals surface area contributed by atoms with Gasteiger partial charge in [-0.25, -0.2) is 4.39 Å². The molecule has 110 valence electrons. The number of hydrogen-bond acceptors (Lipinski definition) is 3. The average Bonchev–Trinajstić information content (AvgIpc) is 3.32. The van der Waals surface area contributed by atoms with E-state index in [-0.39, 0.29) is 5.82 Å². The molecule has 0 amide bonds. The van der Waals surface area contributed by atoms with Crippen molar-refractivity contribution >= 4 is 11.8 Å². The van der Waals surface area contributed by atoms with E-state index < -0.39 is 0 Å². The molecule has 1 aliphatic rings. The molecule has 1 N–H and O–H groups in total. The minimum absolute atomic E-state index is 0.137. The van der Waals surface area contributed by atoms with Gasteiger partial charge in [0.1, 0.15) is 11.6 Å². The molecule has 2 nitrogen and oxygen atoms in total. The summed E-state index contributed by atoms with van der Waals surface area (Å²) in [4.78, 5) is 2.04. The van der Waals surface area contributed by atoms with E-state index in [1.807, 2.05) is 30.3 Å². The van der Waals surface area contributed by atoms with Crippen LogP contribution in [-0.2, 0) is 6.54 Å². The lowest BCUT2D eigenvalue weighted by molar-refractivity contribution is 0.414. The van der Waals surface area contributed by atoms with Gasteiger partial charge in [-0.15, -0.1) is 0 Å². The van der Waals surface area contributed by atoms with Crippen LogP contribution >= 0.6 is 11.8 Å². The Morgan fingerprint density at radius 3 is 2.62 bits per heavy atom. The second-order valence-corrected chi connectivity index (χ2v) is 6.26. The van der Waals surface area contributed by atoms with E-state index in [4.69, 9.17) is 4.74 Å². The molecule has 0 aliphatic heterocycles. The smallest absolute Gasteiger partial charge is 0.128 e. The van der Waals surface area contributed by atoms with E-state index in [9.17, 15) is 4.39 Å². The van der Waals surface area contributed by atoms with Gasteiger partial charge in [-0.1, -0.05) is 17.8 Å². The summed E-state index contributed by atoms with van der Waals surface area (Å²) in [5.74, 6) is 0.691. The first-order valence-corrected chi connectivity index (χ1v) is 7.90. The van der Waals surface area contributed by atoms with Crippen LogP contribution in [0.2, 0.25) is 0 Å². The van der Waals surface area contributed by atoms with E-state index in [0.29, 0.717) is 12.6 Å². The third-order valence-electron chi connectivity index (χ3n) is 3.51. The van der Waals surface area contributed by atoms with E-state index >= 15 is 0 Å². The molecule has 2 aromatic carbocycles. The van der Waals surface area contributed by atoms with Gasteiger partial charge < -0.3 is 10.1 Å². The Labute approximate surface area is 128 Å². The second-order valence-electron chi connectivity index (χ2n) is 5.15. The van der Waals surface area contributed by atoms with Gasteiger partial charge in [0.05, 0.1) is 7.11 Å². The van der Waals surface area contributed by atoms with Crippen molar-refractivity contribution in [1.29, 1.82) is 0 Å². The van der Waals surface area contributed by atoms with E-state index in [2.05, 4.69) is 5.32 Å². The predicted molar refractivity (Wildman–Crippen MR) is 83.4 cm³/mol. The van der Waals surface area contributed by atoms with Gasteiger partial charge in [0.2, 0.25) is 0 Å². The number of nitrogens with one attached hydrogen (secondary N) is 1. The maximum atomic E-state index is 14.1. The van der Waals surface area contributed by atoms with Gasteiger partial charge >= 0.3 is 0 Å². The Morgan fingerprint density at radius 2 is 1.95 bits per heavy atom. The molecule has 1 fully saturated rings. The van der Waals surface area contributed by atoms with Crippen molar-refractivity contribution in [2.45, 2.75) is 35.2 Å². The standard InChI is InChI=1S/C17H18FNOS/c1-20-13-7-9-14(10-8-13)21-17-4-2-3-16(18)15(17)11-19-12-5-6-12/h2-4,7-10,12,19H,5-6,11H2,1H3. The lowest BCUT2D eigenvalue weighted by Gasteiger charge is -2.11. The maximum absolute atomic E-state index is 14.1. The van der Waals surface area contributed by atoms with Crippen LogP contribution in [0.1, 0.15) is 18.4 Å². The molecule has 3 rings (SSSR count). The number of rotatable bonds is 6. The van der Waals surface area contributed by atoms with Crippen LogP contribution < -0.4 is 10.1 Å². The van der Waals surface area contributed by atoms with Crippen molar-refractivity contribution < 1.29 is 9.13 Å². The summed E-state index contributed by atoms with van der Waals surface area (Å²) in [5, 5.41) is 3.38. The Morgan fingerprint density at radius 1 is 1.19 bits per heavy atom. The molecule has 0 atom stereocenters. The van der Waals surface area contributed by atoms with Gasteiger partial charge in [0.15, 0.2) is 0 Å². The molecular formula is C17H18FNOS. The number of methoxy groups -OCH3 is 1. The first kappa shape index (κ1) is 14.4. The summed E-state index contributed by atoms with van der Waals surface area (Å²) >= 11 is 1.58. The molecule has 0 spiro atoms. The van der Waals surface area contributed by atoms with Crippen LogP contribution in [0.4, 0.5) is 4.39 Å². The Balaban J connectivity index is 1.77. The van der Waals surface area contributed by atoms with Gasteiger partial charge in [-0.05, 0) is 49.2 Å². The van der Waals surface area contributed by atoms with Crippen molar-refractivity contribution in [3.8, 4) is 5.75 Å². The van der Waals surface area contributed by atoms with Gasteiger partial charge in [0, 0.05) is 27.9 Å². The second kappa shape index (κ2) is 6.50. The Bertz CT molecular complexity index is 611. The largest absolute Gasteiger partial charge is 0.497 e. The van der Waals surface area contributed by atoms with Crippen LogP contribution in [0.25, 0.3) is 0 Å². The maximum Gasteiger partial charge on any atom is 0.128 e. The van der Waals surface area contributed by atoms with Crippen molar-refractivity contribution in [2.24, 2.45) is 0 Å². The third-order valence-corrected chi connectivity index (χ3v) is 4.62. The van der Waals surface area contributed by atoms with E-state index in [1.165, 1.54) is 18.9 Å². The monoisotopic (exact) mass is 303 g/mol. The Hall–Kier alpha value is -1.52. The number of halogens is 1. The summed E-state index contributed by atoms with van der Waals surface area (Å²) in [5.41, 5.74) is 0.755. The highest BCUT2D eigenvalue weighted by atomic mass is 32.2. The van der Waals surface area contributed by atoms with Crippen LogP contribution in [0.15, 0.2) is 52.3 Å². The summed E-state index contributed by atoms with van der Waals surface area (Å²) in [7, 11) is 1.65. The Kier molecular flexibility index (Phi) is 4.46. The van der Waals surface area contributed by atoms with Gasteiger partial charge in [-0.2, -0.15) is 0 Å². The van der Waals surface area contributed by atoms with Crippen LogP contribution in [0.5, 0.6) is 5.75 Å². The zero-order valence-electron chi connectivity index (χ0n) is 11.9. The van der Waals surface area contributed by atoms with Crippen molar-refractivity contribution in [3.05, 3.63) is 53.8 Å². The third kappa shape index (κ3) is 3.77. The molecule has 0 saturated heterocycles. The number of benzene rings is 2. The van der Waals surface area contributed by atoms with Crippen LogP contribution in [0, 0.1) is 5.82 Å². The zero-order chi connectivity index (χ0) is 14.7. The highest BCUT2D eigenvalue weighted by molar-refractivity contribution is 7.99. The predicted octanol–water partition coefficient (Wildman–Crippen LogP) is 4.24. The lowest BCUT2D eigenvalue weighted by Crippen LogP contribution is -2.16. The van der Waals surface area contributed by atoms with Crippen molar-refractivity contribution in [1.82, 2.24) is 5.32 Å². The fourth-order valence-corrected chi connectivity index (χ4v) is 3.08. The minimum Gasteiger partial charge on any atom is -0.497 e. The summed E-state index contributed by atoms with van der Waals surface area (Å²) in [6.45, 7) is 0.593. The summed E-state index contributed by atoms with van der Waals surface area (Å²) in [6.07, 6.45) is 2.41. The van der Waals surface area contributed by atoms with Crippen LogP contribution in [-0.4, -0.2) is 13.2 Å². The first-order chi connectivity index (χ1) is 10.3. The molecule has 21 heavy (non-hydrogen) atoms. The highest BCUT2D eigenvalue weighted by Gasteiger charge is 2.21. The lowest BCUT2D eigenvalue weighted by atomic mass is 10.2.